The molecule has 1 aliphatic heterocycles. The summed E-state index contributed by atoms with van der Waals surface area (Å²) in [5, 5.41) is 0. The SMILES string of the molecule is COc1cc2c(cc1OCCCCCCCCCCCCOc1ccc(C(N)=S)cc1)C(=O)C(C)OC2. The number of carbonyl (C=O) groups excluding carboxylic acids is 1. The maximum absolute atomic E-state index is 12.4. The van der Waals surface area contributed by atoms with Crippen LogP contribution in [-0.4, -0.2) is 37.2 Å². The number of thiocarbonyl (C=S) groups is 1. The second-order valence-electron chi connectivity index (χ2n) is 9.60. The fraction of sp³-hybridized carbons (Fsp3) is 0.533. The van der Waals surface area contributed by atoms with Gasteiger partial charge in [-0.1, -0.05) is 63.6 Å². The Bertz CT molecular complexity index is 1010. The Morgan fingerprint density at radius 2 is 1.46 bits per heavy atom. The van der Waals surface area contributed by atoms with Crippen LogP contribution in [-0.2, 0) is 11.3 Å². The number of ether oxygens (including phenoxy) is 4. The average molecular weight is 528 g/mol. The summed E-state index contributed by atoms with van der Waals surface area (Å²) in [6.45, 7) is 3.58. The van der Waals surface area contributed by atoms with Crippen molar-refractivity contribution in [3.05, 3.63) is 53.1 Å². The zero-order valence-electron chi connectivity index (χ0n) is 22.3. The minimum Gasteiger partial charge on any atom is -0.494 e. The molecule has 0 aromatic heterocycles. The maximum atomic E-state index is 12.4. The van der Waals surface area contributed by atoms with Gasteiger partial charge in [0.1, 0.15) is 16.8 Å². The summed E-state index contributed by atoms with van der Waals surface area (Å²) < 4.78 is 22.7. The molecule has 2 aromatic carbocycles. The molecular weight excluding hydrogens is 486 g/mol. The van der Waals surface area contributed by atoms with Crippen LogP contribution < -0.4 is 19.9 Å². The molecule has 0 radical (unpaired) electrons. The molecule has 0 saturated carbocycles. The van der Waals surface area contributed by atoms with Gasteiger partial charge in [0.2, 0.25) is 0 Å². The first-order valence-corrected chi connectivity index (χ1v) is 13.9. The molecule has 0 saturated heterocycles. The van der Waals surface area contributed by atoms with Crippen LogP contribution in [0.25, 0.3) is 0 Å². The second kappa shape index (κ2) is 15.6. The first kappa shape index (κ1) is 28.9. The van der Waals surface area contributed by atoms with E-state index in [1.165, 1.54) is 44.9 Å². The highest BCUT2D eigenvalue weighted by Gasteiger charge is 2.26. The summed E-state index contributed by atoms with van der Waals surface area (Å²) in [5.74, 6) is 2.17. The fourth-order valence-electron chi connectivity index (χ4n) is 4.44. The van der Waals surface area contributed by atoms with E-state index in [2.05, 4.69) is 0 Å². The average Bonchev–Trinajstić information content (AvgIpc) is 2.91. The molecule has 37 heavy (non-hydrogen) atoms. The van der Waals surface area contributed by atoms with Gasteiger partial charge in [-0.2, -0.15) is 0 Å². The van der Waals surface area contributed by atoms with Crippen LogP contribution in [0.1, 0.15) is 92.6 Å². The number of carbonyl (C=O) groups is 1. The van der Waals surface area contributed by atoms with E-state index in [4.69, 9.17) is 36.9 Å². The van der Waals surface area contributed by atoms with E-state index >= 15 is 0 Å². The van der Waals surface area contributed by atoms with Crippen LogP contribution in [0.15, 0.2) is 36.4 Å². The number of fused-ring (bicyclic) bond motifs is 1. The predicted octanol–water partition coefficient (Wildman–Crippen LogP) is 6.79. The Morgan fingerprint density at radius 3 is 2.03 bits per heavy atom. The van der Waals surface area contributed by atoms with Gasteiger partial charge in [0.15, 0.2) is 17.3 Å². The molecule has 202 valence electrons. The normalized spacial score (nSPS) is 14.8. The van der Waals surface area contributed by atoms with Gasteiger partial charge >= 0.3 is 0 Å². The third-order valence-electron chi connectivity index (χ3n) is 6.72. The third-order valence-corrected chi connectivity index (χ3v) is 6.95. The summed E-state index contributed by atoms with van der Waals surface area (Å²) >= 11 is 4.96. The minimum absolute atomic E-state index is 0.00175. The number of unbranched alkanes of at least 4 members (excludes halogenated alkanes) is 9. The third kappa shape index (κ3) is 9.31. The van der Waals surface area contributed by atoms with Crippen molar-refractivity contribution in [2.24, 2.45) is 5.73 Å². The summed E-state index contributed by atoms with van der Waals surface area (Å²) in [5.41, 5.74) is 8.03. The molecule has 0 amide bonds. The Morgan fingerprint density at radius 1 is 0.892 bits per heavy atom. The molecule has 2 aromatic rings. The van der Waals surface area contributed by atoms with Crippen LogP contribution in [0.2, 0.25) is 0 Å². The fourth-order valence-corrected chi connectivity index (χ4v) is 4.57. The molecule has 1 heterocycles. The predicted molar refractivity (Wildman–Crippen MR) is 151 cm³/mol. The number of methoxy groups -OCH3 is 1. The van der Waals surface area contributed by atoms with Gasteiger partial charge in [0.05, 0.1) is 26.9 Å². The van der Waals surface area contributed by atoms with Gasteiger partial charge in [-0.15, -0.1) is 0 Å². The molecule has 7 heteroatoms. The highest BCUT2D eigenvalue weighted by Crippen LogP contribution is 2.34. The molecule has 6 nitrogen and oxygen atoms in total. The van der Waals surface area contributed by atoms with E-state index < -0.39 is 6.10 Å². The highest BCUT2D eigenvalue weighted by atomic mass is 32.1. The lowest BCUT2D eigenvalue weighted by atomic mass is 9.97. The summed E-state index contributed by atoms with van der Waals surface area (Å²) in [6, 6.07) is 11.3. The van der Waals surface area contributed by atoms with Crippen LogP contribution in [0, 0.1) is 0 Å². The number of hydrogen-bond acceptors (Lipinski definition) is 6. The minimum atomic E-state index is -0.409. The standard InChI is InChI=1S/C30H41NO5S/c1-22-29(32)26-20-28(27(33-2)19-24(26)21-36-22)35-18-12-10-8-6-4-3-5-7-9-11-17-34-25-15-13-23(14-16-25)30(31)37/h13-16,19-20,22H,3-12,17-18,21H2,1-2H3,(H2,31,37). The molecule has 2 N–H and O–H groups in total. The number of benzene rings is 2. The van der Waals surface area contributed by atoms with Gasteiger partial charge in [-0.25, -0.2) is 0 Å². The van der Waals surface area contributed by atoms with E-state index in [9.17, 15) is 4.79 Å². The molecule has 0 spiro atoms. The van der Waals surface area contributed by atoms with Crippen molar-refractivity contribution in [2.75, 3.05) is 20.3 Å². The monoisotopic (exact) mass is 527 g/mol. The molecule has 0 fully saturated rings. The van der Waals surface area contributed by atoms with Crippen LogP contribution in [0.3, 0.4) is 0 Å². The van der Waals surface area contributed by atoms with Crippen molar-refractivity contribution < 1.29 is 23.7 Å². The smallest absolute Gasteiger partial charge is 0.191 e. The zero-order valence-corrected chi connectivity index (χ0v) is 23.1. The first-order chi connectivity index (χ1) is 18.0. The lowest BCUT2D eigenvalue weighted by molar-refractivity contribution is 0.0335. The van der Waals surface area contributed by atoms with Crippen LogP contribution >= 0.6 is 12.2 Å². The molecule has 1 aliphatic rings. The number of rotatable bonds is 17. The summed E-state index contributed by atoms with van der Waals surface area (Å²) in [4.78, 5) is 12.8. The zero-order chi connectivity index (χ0) is 26.5. The van der Waals surface area contributed by atoms with E-state index in [0.29, 0.717) is 35.3 Å². The Labute approximate surface area is 226 Å². The Kier molecular flexibility index (Phi) is 12.2. The van der Waals surface area contributed by atoms with Crippen molar-refractivity contribution >= 4 is 23.0 Å². The quantitative estimate of drug-likeness (QED) is 0.179. The van der Waals surface area contributed by atoms with E-state index in [0.717, 1.165) is 42.7 Å². The summed E-state index contributed by atoms with van der Waals surface area (Å²) in [6.07, 6.45) is 11.6. The number of Topliss-reactive ketones (excluding diaryl/α,β-unsaturated/α-hetero) is 1. The van der Waals surface area contributed by atoms with Gasteiger partial charge in [-0.05, 0) is 61.7 Å². The van der Waals surface area contributed by atoms with E-state index in [-0.39, 0.29) is 5.78 Å². The number of nitrogens with two attached hydrogens (primary N) is 1. The van der Waals surface area contributed by atoms with E-state index in [1.54, 1.807) is 14.0 Å². The van der Waals surface area contributed by atoms with E-state index in [1.807, 2.05) is 36.4 Å². The molecule has 3 rings (SSSR count). The van der Waals surface area contributed by atoms with Crippen molar-refractivity contribution in [3.8, 4) is 17.2 Å². The maximum Gasteiger partial charge on any atom is 0.191 e. The van der Waals surface area contributed by atoms with Gasteiger partial charge in [0, 0.05) is 11.1 Å². The molecule has 1 atom stereocenters. The van der Waals surface area contributed by atoms with Crippen LogP contribution in [0.4, 0.5) is 0 Å². The van der Waals surface area contributed by atoms with Gasteiger partial charge < -0.3 is 24.7 Å². The lowest BCUT2D eigenvalue weighted by Crippen LogP contribution is -2.27. The number of ketones is 1. The molecule has 1 unspecified atom stereocenters. The lowest BCUT2D eigenvalue weighted by Gasteiger charge is -2.23. The second-order valence-corrected chi connectivity index (χ2v) is 10.0. The van der Waals surface area contributed by atoms with Gasteiger partial charge in [-0.3, -0.25) is 4.79 Å². The summed E-state index contributed by atoms with van der Waals surface area (Å²) in [7, 11) is 1.62. The topological polar surface area (TPSA) is 80.0 Å². The first-order valence-electron chi connectivity index (χ1n) is 13.5. The van der Waals surface area contributed by atoms with Crippen molar-refractivity contribution in [3.63, 3.8) is 0 Å². The molecule has 0 bridgehead atoms. The van der Waals surface area contributed by atoms with Gasteiger partial charge in [0.25, 0.3) is 0 Å². The Balaban J connectivity index is 1.17. The number of hydrogen-bond donors (Lipinski definition) is 1. The molecule has 0 aliphatic carbocycles. The Hall–Kier alpha value is -2.64. The largest absolute Gasteiger partial charge is 0.494 e. The molecular formula is C30H41NO5S. The van der Waals surface area contributed by atoms with Crippen molar-refractivity contribution in [1.82, 2.24) is 0 Å². The van der Waals surface area contributed by atoms with Crippen LogP contribution in [0.5, 0.6) is 17.2 Å². The van der Waals surface area contributed by atoms with Crippen molar-refractivity contribution in [2.45, 2.75) is 83.8 Å². The van der Waals surface area contributed by atoms with Crippen molar-refractivity contribution in [1.29, 1.82) is 0 Å². The highest BCUT2D eigenvalue weighted by molar-refractivity contribution is 7.80.